The summed E-state index contributed by atoms with van der Waals surface area (Å²) >= 11 is 0. The molecule has 1 amide bonds. The molecule has 152 valence electrons. The van der Waals surface area contributed by atoms with E-state index >= 15 is 0 Å². The number of carbonyl (C=O) groups is 1. The van der Waals surface area contributed by atoms with Gasteiger partial charge in [0.25, 0.3) is 6.01 Å². The van der Waals surface area contributed by atoms with Gasteiger partial charge in [-0.15, -0.1) is 0 Å². The number of aromatic nitrogens is 2. The predicted molar refractivity (Wildman–Crippen MR) is 103 cm³/mol. The van der Waals surface area contributed by atoms with Crippen LogP contribution in [0.3, 0.4) is 0 Å². The first-order valence-electron chi connectivity index (χ1n) is 8.58. The molecule has 0 atom stereocenters. The number of hydrogen-bond donors (Lipinski definition) is 3. The summed E-state index contributed by atoms with van der Waals surface area (Å²) in [7, 11) is 1.55. The second-order valence-corrected chi connectivity index (χ2v) is 5.92. The molecule has 0 saturated heterocycles. The van der Waals surface area contributed by atoms with Crippen LogP contribution in [-0.2, 0) is 6.54 Å². The number of nitrogens with one attached hydrogen (secondary N) is 2. The van der Waals surface area contributed by atoms with Crippen molar-refractivity contribution in [2.45, 2.75) is 6.54 Å². The van der Waals surface area contributed by atoms with Crippen molar-refractivity contribution in [3.63, 3.8) is 0 Å². The Kier molecular flexibility index (Phi) is 6.46. The molecule has 2 heterocycles. The zero-order valence-corrected chi connectivity index (χ0v) is 15.5. The number of hydrogen-bond acceptors (Lipinski definition) is 7. The van der Waals surface area contributed by atoms with Crippen molar-refractivity contribution in [1.82, 2.24) is 15.3 Å². The quantitative estimate of drug-likeness (QED) is 0.499. The van der Waals surface area contributed by atoms with Crippen molar-refractivity contribution in [3.8, 4) is 11.6 Å². The van der Waals surface area contributed by atoms with Crippen LogP contribution in [0.5, 0.6) is 11.6 Å². The van der Waals surface area contributed by atoms with Gasteiger partial charge in [-0.2, -0.15) is 4.98 Å². The lowest BCUT2D eigenvalue weighted by Gasteiger charge is -2.08. The number of anilines is 1. The van der Waals surface area contributed by atoms with Crippen molar-refractivity contribution in [2.24, 2.45) is 0 Å². The Bertz CT molecular complexity index is 1020. The Hall–Kier alpha value is -3.82. The van der Waals surface area contributed by atoms with Gasteiger partial charge in [-0.25, -0.2) is 14.2 Å². The average molecular weight is 402 g/mol. The molecule has 0 aliphatic carbocycles. The van der Waals surface area contributed by atoms with E-state index in [2.05, 4.69) is 20.6 Å². The summed E-state index contributed by atoms with van der Waals surface area (Å²) in [6.07, 6.45) is 0.731. The minimum absolute atomic E-state index is 0.106. The van der Waals surface area contributed by atoms with E-state index in [9.17, 15) is 9.18 Å². The van der Waals surface area contributed by atoms with Gasteiger partial charge >= 0.3 is 6.09 Å². The van der Waals surface area contributed by atoms with Crippen molar-refractivity contribution in [1.29, 1.82) is 0 Å². The number of halogens is 1. The fourth-order valence-corrected chi connectivity index (χ4v) is 2.41. The van der Waals surface area contributed by atoms with Gasteiger partial charge in [0.1, 0.15) is 17.9 Å². The van der Waals surface area contributed by atoms with E-state index in [1.807, 2.05) is 6.07 Å². The highest BCUT2D eigenvalue weighted by Crippen LogP contribution is 2.24. The van der Waals surface area contributed by atoms with Crippen LogP contribution in [0.25, 0.3) is 11.1 Å². The van der Waals surface area contributed by atoms with Gasteiger partial charge in [-0.1, -0.05) is 0 Å². The molecule has 0 radical (unpaired) electrons. The van der Waals surface area contributed by atoms with Crippen molar-refractivity contribution >= 4 is 23.2 Å². The first-order chi connectivity index (χ1) is 14.1. The fourth-order valence-electron chi connectivity index (χ4n) is 2.41. The second kappa shape index (κ2) is 9.40. The minimum atomic E-state index is -1.24. The standard InChI is InChI=1S/C19H19FN4O5/c1-27-17-6-12(4-5-21-17)9-22-18-24-15-3-2-14(7-16(15)29-18)28-11-13(8-20)10-23-19(25)26/h2-8,23H,9-11H2,1H3,(H,22,24)(H,25,26). The summed E-state index contributed by atoms with van der Waals surface area (Å²) < 4.78 is 29.1. The van der Waals surface area contributed by atoms with E-state index in [-0.39, 0.29) is 18.7 Å². The number of methoxy groups -OCH3 is 1. The van der Waals surface area contributed by atoms with Crippen LogP contribution >= 0.6 is 0 Å². The largest absolute Gasteiger partial charge is 0.489 e. The number of carboxylic acid groups (broad SMARTS) is 1. The highest BCUT2D eigenvalue weighted by Gasteiger charge is 2.09. The van der Waals surface area contributed by atoms with E-state index in [1.165, 1.54) is 0 Å². The predicted octanol–water partition coefficient (Wildman–Crippen LogP) is 3.34. The summed E-state index contributed by atoms with van der Waals surface area (Å²) in [5.41, 5.74) is 2.22. The SMILES string of the molecule is COc1cc(CNc2nc3ccc(OCC(=CF)CNC(=O)O)cc3o2)ccn1. The number of ether oxygens (including phenoxy) is 2. The highest BCUT2D eigenvalue weighted by molar-refractivity contribution is 5.76. The van der Waals surface area contributed by atoms with Crippen LogP contribution in [0.2, 0.25) is 0 Å². The molecule has 9 nitrogen and oxygen atoms in total. The van der Waals surface area contributed by atoms with Crippen LogP contribution in [0.1, 0.15) is 5.56 Å². The highest BCUT2D eigenvalue weighted by atomic mass is 19.1. The third-order valence-corrected chi connectivity index (χ3v) is 3.86. The first kappa shape index (κ1) is 19.9. The topological polar surface area (TPSA) is 119 Å². The number of rotatable bonds is 9. The Labute approximate surface area is 165 Å². The zero-order chi connectivity index (χ0) is 20.6. The summed E-state index contributed by atoms with van der Waals surface area (Å²) in [4.78, 5) is 18.9. The van der Waals surface area contributed by atoms with Crippen LogP contribution < -0.4 is 20.1 Å². The molecule has 0 aliphatic heterocycles. The Morgan fingerprint density at radius 1 is 1.34 bits per heavy atom. The summed E-state index contributed by atoms with van der Waals surface area (Å²) in [5.74, 6) is 0.956. The molecule has 3 rings (SSSR count). The Balaban J connectivity index is 1.61. The minimum Gasteiger partial charge on any atom is -0.489 e. The molecule has 3 N–H and O–H groups in total. The normalized spacial score (nSPS) is 11.3. The van der Waals surface area contributed by atoms with E-state index in [0.29, 0.717) is 41.6 Å². The van der Waals surface area contributed by atoms with Gasteiger partial charge in [0, 0.05) is 37.0 Å². The Morgan fingerprint density at radius 3 is 2.97 bits per heavy atom. The number of fused-ring (bicyclic) bond motifs is 1. The van der Waals surface area contributed by atoms with Crippen molar-refractivity contribution in [2.75, 3.05) is 25.6 Å². The van der Waals surface area contributed by atoms with Gasteiger partial charge in [0.15, 0.2) is 5.58 Å². The van der Waals surface area contributed by atoms with Crippen LogP contribution in [0, 0.1) is 0 Å². The monoisotopic (exact) mass is 402 g/mol. The maximum absolute atomic E-state index is 12.8. The third kappa shape index (κ3) is 5.58. The summed E-state index contributed by atoms with van der Waals surface area (Å²) in [5, 5.41) is 13.7. The number of amides is 1. The Morgan fingerprint density at radius 2 is 2.21 bits per heavy atom. The fraction of sp³-hybridized carbons (Fsp3) is 0.211. The lowest BCUT2D eigenvalue weighted by atomic mass is 10.2. The molecular formula is C19H19FN4O5. The van der Waals surface area contributed by atoms with E-state index in [4.69, 9.17) is 19.0 Å². The zero-order valence-electron chi connectivity index (χ0n) is 15.5. The molecule has 2 aromatic heterocycles. The average Bonchev–Trinajstić information content (AvgIpc) is 3.14. The maximum atomic E-state index is 12.8. The lowest BCUT2D eigenvalue weighted by molar-refractivity contribution is 0.195. The molecule has 3 aromatic rings. The second-order valence-electron chi connectivity index (χ2n) is 5.92. The van der Waals surface area contributed by atoms with Crippen molar-refractivity contribution < 1.29 is 28.2 Å². The van der Waals surface area contributed by atoms with Gasteiger partial charge in [0.05, 0.1) is 13.4 Å². The smallest absolute Gasteiger partial charge is 0.404 e. The van der Waals surface area contributed by atoms with E-state index < -0.39 is 6.09 Å². The van der Waals surface area contributed by atoms with Gasteiger partial charge < -0.3 is 29.6 Å². The van der Waals surface area contributed by atoms with Gasteiger partial charge in [0.2, 0.25) is 5.88 Å². The first-order valence-corrected chi connectivity index (χ1v) is 8.58. The number of pyridine rings is 1. The molecule has 29 heavy (non-hydrogen) atoms. The number of nitrogens with zero attached hydrogens (tertiary/aromatic N) is 2. The van der Waals surface area contributed by atoms with Gasteiger partial charge in [-0.3, -0.25) is 0 Å². The molecule has 0 saturated carbocycles. The molecule has 1 aromatic carbocycles. The lowest BCUT2D eigenvalue weighted by Crippen LogP contribution is -2.25. The van der Waals surface area contributed by atoms with Crippen LogP contribution in [0.15, 0.2) is 52.8 Å². The molecule has 0 spiro atoms. The van der Waals surface area contributed by atoms with Gasteiger partial charge in [-0.05, 0) is 23.8 Å². The van der Waals surface area contributed by atoms with E-state index in [0.717, 1.165) is 5.56 Å². The molecule has 0 fully saturated rings. The molecule has 0 aliphatic rings. The molecule has 0 bridgehead atoms. The van der Waals surface area contributed by atoms with E-state index in [1.54, 1.807) is 37.6 Å². The molecule has 0 unspecified atom stereocenters. The number of oxazole rings is 1. The van der Waals surface area contributed by atoms with Crippen LogP contribution in [-0.4, -0.2) is 41.4 Å². The molecule has 10 heteroatoms. The maximum Gasteiger partial charge on any atom is 0.404 e. The summed E-state index contributed by atoms with van der Waals surface area (Å²) in [6, 6.07) is 8.99. The van der Waals surface area contributed by atoms with Crippen molar-refractivity contribution in [3.05, 3.63) is 54.0 Å². The van der Waals surface area contributed by atoms with Crippen LogP contribution in [0.4, 0.5) is 15.2 Å². The molecular weight excluding hydrogens is 383 g/mol. The summed E-state index contributed by atoms with van der Waals surface area (Å²) in [6.45, 7) is 0.200. The number of benzene rings is 1. The third-order valence-electron chi connectivity index (χ3n) is 3.86.